The zero-order chi connectivity index (χ0) is 21.0. The molecule has 160 valence electrons. The molecule has 2 aliphatic carbocycles. The van der Waals surface area contributed by atoms with E-state index in [1.165, 1.54) is 0 Å². The van der Waals surface area contributed by atoms with Crippen molar-refractivity contribution < 1.29 is 20.1 Å². The molecule has 6 nitrogen and oxygen atoms in total. The lowest BCUT2D eigenvalue weighted by molar-refractivity contribution is -0.185. The van der Waals surface area contributed by atoms with E-state index in [0.29, 0.717) is 31.6 Å². The summed E-state index contributed by atoms with van der Waals surface area (Å²) in [7, 11) is 2.04. The van der Waals surface area contributed by atoms with Crippen LogP contribution in [0.5, 0.6) is 5.75 Å². The van der Waals surface area contributed by atoms with E-state index >= 15 is 0 Å². The standard InChI is InChI=1S/C23H34N2O4/c1-14(2)4-7-21(28)24-18-12-23(29)20-10-15-5-6-16(26)11-17(15)22(23,13-19(18)27)8-9-25(20)3/h5-6,11,14,18-20,26-27,29H,4,7-10,12-13H2,1-3H3,(H,24,28)/t18-,19?,20+,22+,23+/m0/s1. The summed E-state index contributed by atoms with van der Waals surface area (Å²) in [6.45, 7) is 5.00. The maximum Gasteiger partial charge on any atom is 0.220 e. The molecule has 4 rings (SSSR count). The number of likely N-dealkylation sites (tertiary alicyclic amines) is 1. The number of fused-ring (bicyclic) bond motifs is 1. The number of aliphatic hydroxyl groups is 2. The minimum atomic E-state index is -1.06. The van der Waals surface area contributed by atoms with Gasteiger partial charge in [0.25, 0.3) is 0 Å². The number of piperidine rings is 1. The average Bonchev–Trinajstić information content (AvgIpc) is 2.65. The number of amides is 1. The second-order valence-electron chi connectivity index (χ2n) is 9.88. The molecule has 6 heteroatoms. The number of hydrogen-bond acceptors (Lipinski definition) is 5. The van der Waals surface area contributed by atoms with Crippen molar-refractivity contribution in [3.05, 3.63) is 29.3 Å². The van der Waals surface area contributed by atoms with Crippen molar-refractivity contribution in [3.63, 3.8) is 0 Å². The van der Waals surface area contributed by atoms with Crippen LogP contribution in [0.25, 0.3) is 0 Å². The van der Waals surface area contributed by atoms with Crippen LogP contribution in [0.4, 0.5) is 0 Å². The van der Waals surface area contributed by atoms with Gasteiger partial charge >= 0.3 is 0 Å². The first kappa shape index (κ1) is 20.6. The molecule has 1 heterocycles. The van der Waals surface area contributed by atoms with E-state index < -0.39 is 23.2 Å². The molecule has 1 saturated carbocycles. The molecule has 1 saturated heterocycles. The van der Waals surface area contributed by atoms with Gasteiger partial charge in [0.1, 0.15) is 5.75 Å². The molecule has 5 atom stereocenters. The number of likely N-dealkylation sites (N-methyl/N-ethyl adjacent to an activating group) is 1. The third-order valence-electron chi connectivity index (χ3n) is 7.67. The van der Waals surface area contributed by atoms with E-state index in [0.717, 1.165) is 30.5 Å². The first-order chi connectivity index (χ1) is 13.7. The third kappa shape index (κ3) is 3.25. The van der Waals surface area contributed by atoms with Crippen LogP contribution >= 0.6 is 0 Å². The summed E-state index contributed by atoms with van der Waals surface area (Å²) in [6.07, 6.45) is 2.65. The molecular weight excluding hydrogens is 368 g/mol. The zero-order valence-corrected chi connectivity index (χ0v) is 17.7. The van der Waals surface area contributed by atoms with Crippen LogP contribution in [0.3, 0.4) is 0 Å². The molecule has 1 aromatic rings. The fourth-order valence-corrected chi connectivity index (χ4v) is 6.05. The van der Waals surface area contributed by atoms with Gasteiger partial charge < -0.3 is 25.5 Å². The van der Waals surface area contributed by atoms with Crippen molar-refractivity contribution in [2.24, 2.45) is 5.92 Å². The van der Waals surface area contributed by atoms with Crippen molar-refractivity contribution in [2.45, 2.75) is 81.6 Å². The molecule has 2 bridgehead atoms. The lowest BCUT2D eigenvalue weighted by Crippen LogP contribution is -2.76. The van der Waals surface area contributed by atoms with Crippen LogP contribution in [0.15, 0.2) is 18.2 Å². The van der Waals surface area contributed by atoms with E-state index in [4.69, 9.17) is 0 Å². The fraction of sp³-hybridized carbons (Fsp3) is 0.696. The number of nitrogens with one attached hydrogen (secondary N) is 1. The Morgan fingerprint density at radius 2 is 2.10 bits per heavy atom. The molecular formula is C23H34N2O4. The molecule has 0 aromatic heterocycles. The summed E-state index contributed by atoms with van der Waals surface area (Å²) >= 11 is 0. The van der Waals surface area contributed by atoms with Crippen LogP contribution in [0, 0.1) is 5.92 Å². The van der Waals surface area contributed by atoms with Gasteiger partial charge in [-0.2, -0.15) is 0 Å². The first-order valence-electron chi connectivity index (χ1n) is 10.9. The number of nitrogens with zero attached hydrogens (tertiary/aromatic N) is 1. The lowest BCUT2D eigenvalue weighted by atomic mass is 9.48. The monoisotopic (exact) mass is 402 g/mol. The van der Waals surface area contributed by atoms with Crippen molar-refractivity contribution in [3.8, 4) is 5.75 Å². The minimum Gasteiger partial charge on any atom is -0.508 e. The highest BCUT2D eigenvalue weighted by Gasteiger charge is 2.66. The minimum absolute atomic E-state index is 0.0605. The Bertz CT molecular complexity index is 797. The van der Waals surface area contributed by atoms with Crippen molar-refractivity contribution >= 4 is 5.91 Å². The molecule has 1 amide bonds. The number of hydrogen-bond donors (Lipinski definition) is 4. The van der Waals surface area contributed by atoms with Crippen LogP contribution in [0.1, 0.15) is 57.1 Å². The summed E-state index contributed by atoms with van der Waals surface area (Å²) in [5, 5.41) is 36.3. The molecule has 1 unspecified atom stereocenters. The predicted octanol–water partition coefficient (Wildman–Crippen LogP) is 1.70. The van der Waals surface area contributed by atoms with Crippen molar-refractivity contribution in [1.29, 1.82) is 0 Å². The van der Waals surface area contributed by atoms with E-state index in [1.54, 1.807) is 12.1 Å². The summed E-state index contributed by atoms with van der Waals surface area (Å²) in [5.41, 5.74) is 0.439. The van der Waals surface area contributed by atoms with Gasteiger partial charge in [0, 0.05) is 24.3 Å². The largest absolute Gasteiger partial charge is 0.508 e. The highest BCUT2D eigenvalue weighted by molar-refractivity contribution is 5.76. The Balaban J connectivity index is 1.67. The lowest BCUT2D eigenvalue weighted by Gasteiger charge is -2.65. The number of phenols is 1. The second-order valence-corrected chi connectivity index (χ2v) is 9.88. The first-order valence-corrected chi connectivity index (χ1v) is 10.9. The molecule has 3 aliphatic rings. The topological polar surface area (TPSA) is 93.0 Å². The molecule has 4 N–H and O–H groups in total. The number of carbonyl (C=O) groups excluding carboxylic acids is 1. The van der Waals surface area contributed by atoms with Crippen LogP contribution < -0.4 is 5.32 Å². The number of carbonyl (C=O) groups is 1. The van der Waals surface area contributed by atoms with Gasteiger partial charge in [0.15, 0.2) is 0 Å². The molecule has 0 spiro atoms. The Hall–Kier alpha value is -1.63. The number of benzene rings is 1. The SMILES string of the molecule is CC(C)CCC(=O)N[C@H]1C[C@@]2(O)[C@H]3Cc4ccc(O)cc4[C@@]2(CCN3C)CC1O. The van der Waals surface area contributed by atoms with Crippen LogP contribution in [-0.2, 0) is 16.6 Å². The molecule has 29 heavy (non-hydrogen) atoms. The smallest absolute Gasteiger partial charge is 0.220 e. The van der Waals surface area contributed by atoms with Gasteiger partial charge in [-0.25, -0.2) is 0 Å². The van der Waals surface area contributed by atoms with Gasteiger partial charge in [-0.1, -0.05) is 19.9 Å². The third-order valence-corrected chi connectivity index (χ3v) is 7.67. The van der Waals surface area contributed by atoms with Gasteiger partial charge in [-0.15, -0.1) is 0 Å². The number of aliphatic hydroxyl groups excluding tert-OH is 1. The number of phenolic OH excluding ortho intramolecular Hbond substituents is 1. The van der Waals surface area contributed by atoms with E-state index in [1.807, 2.05) is 13.1 Å². The summed E-state index contributed by atoms with van der Waals surface area (Å²) < 4.78 is 0. The molecule has 0 radical (unpaired) electrons. The van der Waals surface area contributed by atoms with E-state index in [9.17, 15) is 20.1 Å². The normalized spacial score (nSPS) is 36.4. The molecule has 1 aliphatic heterocycles. The summed E-state index contributed by atoms with van der Waals surface area (Å²) in [4.78, 5) is 14.6. The van der Waals surface area contributed by atoms with Gasteiger partial charge in [-0.05, 0) is 68.5 Å². The Kier molecular flexibility index (Phi) is 5.16. The zero-order valence-electron chi connectivity index (χ0n) is 17.7. The van der Waals surface area contributed by atoms with Crippen LogP contribution in [0.2, 0.25) is 0 Å². The van der Waals surface area contributed by atoms with Crippen molar-refractivity contribution in [2.75, 3.05) is 13.6 Å². The second kappa shape index (κ2) is 7.25. The molecule has 2 fully saturated rings. The predicted molar refractivity (Wildman–Crippen MR) is 111 cm³/mol. The quantitative estimate of drug-likeness (QED) is 0.615. The maximum atomic E-state index is 12.4. The number of rotatable bonds is 4. The van der Waals surface area contributed by atoms with Gasteiger partial charge in [0.2, 0.25) is 5.91 Å². The highest BCUT2D eigenvalue weighted by atomic mass is 16.3. The highest BCUT2D eigenvalue weighted by Crippen LogP contribution is 2.58. The van der Waals surface area contributed by atoms with E-state index in [2.05, 4.69) is 24.1 Å². The molecule has 1 aromatic carbocycles. The Morgan fingerprint density at radius 3 is 2.83 bits per heavy atom. The maximum absolute atomic E-state index is 12.4. The summed E-state index contributed by atoms with van der Waals surface area (Å²) in [6, 6.07) is 4.89. The van der Waals surface area contributed by atoms with Crippen LogP contribution in [-0.4, -0.2) is 63.5 Å². The van der Waals surface area contributed by atoms with Gasteiger partial charge in [0.05, 0.1) is 17.7 Å². The number of aromatic hydroxyl groups is 1. The fourth-order valence-electron chi connectivity index (χ4n) is 6.05. The average molecular weight is 403 g/mol. The van der Waals surface area contributed by atoms with E-state index in [-0.39, 0.29) is 17.7 Å². The van der Waals surface area contributed by atoms with Crippen molar-refractivity contribution in [1.82, 2.24) is 10.2 Å². The van der Waals surface area contributed by atoms with Gasteiger partial charge in [-0.3, -0.25) is 4.79 Å². The Morgan fingerprint density at radius 1 is 1.34 bits per heavy atom. The Labute approximate surface area is 172 Å². The summed E-state index contributed by atoms with van der Waals surface area (Å²) in [5.74, 6) is 0.575.